The van der Waals surface area contributed by atoms with Gasteiger partial charge in [-0.15, -0.1) is 0 Å². The van der Waals surface area contributed by atoms with E-state index < -0.39 is 5.97 Å². The Balaban J connectivity index is 1.60. The molecule has 0 amide bonds. The molecule has 0 aromatic carbocycles. The summed E-state index contributed by atoms with van der Waals surface area (Å²) < 4.78 is 12.7. The van der Waals surface area contributed by atoms with Gasteiger partial charge in [0, 0.05) is 46.9 Å². The topological polar surface area (TPSA) is 95.9 Å². The monoisotopic (exact) mass is 507 g/mol. The van der Waals surface area contributed by atoms with Crippen molar-refractivity contribution in [3.8, 4) is 22.3 Å². The molecule has 8 nitrogen and oxygen atoms in total. The van der Waals surface area contributed by atoms with Crippen molar-refractivity contribution < 1.29 is 14.1 Å². The summed E-state index contributed by atoms with van der Waals surface area (Å²) in [6.07, 6.45) is 12.3. The molecule has 8 heteroatoms. The van der Waals surface area contributed by atoms with Crippen molar-refractivity contribution in [2.75, 3.05) is 7.11 Å². The van der Waals surface area contributed by atoms with Crippen molar-refractivity contribution in [3.05, 3.63) is 84.0 Å². The molecule has 38 heavy (non-hydrogen) atoms. The summed E-state index contributed by atoms with van der Waals surface area (Å²) in [6.45, 7) is 3.85. The molecule has 0 aliphatic heterocycles. The number of ether oxygens (including phenoxy) is 1. The van der Waals surface area contributed by atoms with Gasteiger partial charge in [-0.1, -0.05) is 24.1 Å². The van der Waals surface area contributed by atoms with Crippen molar-refractivity contribution in [3.63, 3.8) is 0 Å². The maximum Gasteiger partial charge on any atom is 0.356 e. The molecule has 5 heterocycles. The van der Waals surface area contributed by atoms with Gasteiger partial charge in [0.05, 0.1) is 24.5 Å². The van der Waals surface area contributed by atoms with Crippen LogP contribution in [0.2, 0.25) is 0 Å². The van der Waals surface area contributed by atoms with Gasteiger partial charge in [-0.2, -0.15) is 0 Å². The van der Waals surface area contributed by atoms with Crippen LogP contribution in [0.15, 0.2) is 65.7 Å². The van der Waals surface area contributed by atoms with Crippen molar-refractivity contribution in [1.82, 2.24) is 24.7 Å². The van der Waals surface area contributed by atoms with E-state index in [4.69, 9.17) is 19.2 Å². The summed E-state index contributed by atoms with van der Waals surface area (Å²) in [7, 11) is 1.36. The highest BCUT2D eigenvalue weighted by molar-refractivity contribution is 5.98. The zero-order valence-corrected chi connectivity index (χ0v) is 21.7. The van der Waals surface area contributed by atoms with E-state index in [-0.39, 0.29) is 11.7 Å². The van der Waals surface area contributed by atoms with Gasteiger partial charge in [0.25, 0.3) is 0 Å². The highest BCUT2D eigenvalue weighted by atomic mass is 16.5. The number of carbonyl (C=O) groups excluding carboxylic acids is 1. The molecule has 1 aliphatic rings. The van der Waals surface area contributed by atoms with Crippen LogP contribution in [0, 0.1) is 19.8 Å². The Bertz CT molecular complexity index is 1600. The number of pyridine rings is 3. The largest absolute Gasteiger partial charge is 0.464 e. The van der Waals surface area contributed by atoms with Crippen molar-refractivity contribution in [2.45, 2.75) is 45.6 Å². The first kappa shape index (κ1) is 24.0. The Hall–Kier alpha value is -4.33. The fraction of sp³-hybridized carbons (Fsp3) is 0.300. The van der Waals surface area contributed by atoms with Gasteiger partial charge in [-0.05, 0) is 68.5 Å². The van der Waals surface area contributed by atoms with E-state index in [1.807, 2.05) is 44.4 Å². The zero-order chi connectivity index (χ0) is 26.2. The quantitative estimate of drug-likeness (QED) is 0.248. The Labute approximate surface area is 220 Å². The number of nitrogens with zero attached hydrogens (tertiary/aromatic N) is 5. The lowest BCUT2D eigenvalue weighted by molar-refractivity contribution is 0.0594. The van der Waals surface area contributed by atoms with E-state index in [2.05, 4.69) is 33.0 Å². The molecule has 192 valence electrons. The molecule has 0 saturated heterocycles. The summed E-state index contributed by atoms with van der Waals surface area (Å²) in [5.41, 5.74) is 6.70. The van der Waals surface area contributed by atoms with E-state index in [9.17, 15) is 4.79 Å². The van der Waals surface area contributed by atoms with E-state index in [1.54, 1.807) is 12.3 Å². The normalized spacial score (nSPS) is 14.7. The van der Waals surface area contributed by atoms with Gasteiger partial charge in [0.15, 0.2) is 0 Å². The fourth-order valence-corrected chi connectivity index (χ4v) is 5.85. The molecule has 0 radical (unpaired) electrons. The molecular weight excluding hydrogens is 478 g/mol. The Kier molecular flexibility index (Phi) is 6.23. The molecule has 6 rings (SSSR count). The number of hydrogen-bond acceptors (Lipinski definition) is 7. The Morgan fingerprint density at radius 3 is 2.61 bits per heavy atom. The minimum absolute atomic E-state index is 0.0503. The summed E-state index contributed by atoms with van der Waals surface area (Å²) in [4.78, 5) is 26.3. The van der Waals surface area contributed by atoms with Crippen LogP contribution in [0.5, 0.6) is 0 Å². The molecule has 1 aliphatic carbocycles. The van der Waals surface area contributed by atoms with Gasteiger partial charge in [0.1, 0.15) is 17.1 Å². The summed E-state index contributed by atoms with van der Waals surface area (Å²) >= 11 is 0. The van der Waals surface area contributed by atoms with Gasteiger partial charge in [-0.3, -0.25) is 4.98 Å². The maximum absolute atomic E-state index is 12.3. The van der Waals surface area contributed by atoms with Crippen LogP contribution in [-0.2, 0) is 4.74 Å². The number of fused-ring (bicyclic) bond motifs is 1. The zero-order valence-electron chi connectivity index (χ0n) is 21.7. The van der Waals surface area contributed by atoms with E-state index >= 15 is 0 Å². The average Bonchev–Trinajstić information content (AvgIpc) is 3.69. The predicted molar refractivity (Wildman–Crippen MR) is 144 cm³/mol. The molecule has 1 saturated carbocycles. The summed E-state index contributed by atoms with van der Waals surface area (Å²) in [5, 5.41) is 5.12. The van der Waals surface area contributed by atoms with Gasteiger partial charge in [-0.25, -0.2) is 14.8 Å². The third-order valence-electron chi connectivity index (χ3n) is 7.59. The average molecular weight is 508 g/mol. The standard InChI is InChI=1S/C30H29N5O3/c1-18-27(19(2)38-34-18)22-14-23-24(21-11-13-32-26(15-21)30(36)37-3)17-35(29(23)33-16-22)28(20-8-4-5-9-20)25-10-6-7-12-31-25/h6-7,10-17,20,28H,4-5,8-9H2,1-3H3. The SMILES string of the molecule is COC(=O)c1cc(-c2cn(C(c3ccccn3)C3CCCC3)c3ncc(-c4c(C)noc4C)cc23)ccn1. The lowest BCUT2D eigenvalue weighted by Crippen LogP contribution is -2.19. The molecule has 5 aromatic rings. The molecule has 1 fully saturated rings. The molecule has 1 unspecified atom stereocenters. The predicted octanol–water partition coefficient (Wildman–Crippen LogP) is 6.33. The van der Waals surface area contributed by atoms with E-state index in [1.165, 1.54) is 20.0 Å². The van der Waals surface area contributed by atoms with Gasteiger partial charge in [0.2, 0.25) is 0 Å². The lowest BCUT2D eigenvalue weighted by atomic mass is 9.94. The summed E-state index contributed by atoms with van der Waals surface area (Å²) in [6, 6.07) is 12.0. The second-order valence-electron chi connectivity index (χ2n) is 9.91. The van der Waals surface area contributed by atoms with Crippen LogP contribution in [-0.4, -0.2) is 37.8 Å². The van der Waals surface area contributed by atoms with Gasteiger partial charge >= 0.3 is 5.97 Å². The van der Waals surface area contributed by atoms with Crippen LogP contribution >= 0.6 is 0 Å². The first-order valence-corrected chi connectivity index (χ1v) is 12.9. The van der Waals surface area contributed by atoms with Gasteiger partial charge < -0.3 is 13.8 Å². The number of esters is 1. The maximum atomic E-state index is 12.3. The number of methoxy groups -OCH3 is 1. The number of aromatic nitrogens is 5. The smallest absolute Gasteiger partial charge is 0.356 e. The lowest BCUT2D eigenvalue weighted by Gasteiger charge is -2.25. The van der Waals surface area contributed by atoms with Crippen molar-refractivity contribution in [2.24, 2.45) is 5.92 Å². The third kappa shape index (κ3) is 4.16. The fourth-order valence-electron chi connectivity index (χ4n) is 5.85. The van der Waals surface area contributed by atoms with E-state index in [0.29, 0.717) is 5.92 Å². The minimum atomic E-state index is -0.470. The van der Waals surface area contributed by atoms with Crippen LogP contribution in [0.4, 0.5) is 0 Å². The first-order valence-electron chi connectivity index (χ1n) is 12.9. The number of rotatable bonds is 6. The third-order valence-corrected chi connectivity index (χ3v) is 7.59. The molecule has 1 atom stereocenters. The van der Waals surface area contributed by atoms with Crippen LogP contribution < -0.4 is 0 Å². The Morgan fingerprint density at radius 2 is 1.89 bits per heavy atom. The number of carbonyl (C=O) groups is 1. The van der Waals surface area contributed by atoms with Crippen molar-refractivity contribution in [1.29, 1.82) is 0 Å². The number of hydrogen-bond donors (Lipinski definition) is 0. The van der Waals surface area contributed by atoms with Crippen LogP contribution in [0.25, 0.3) is 33.3 Å². The minimum Gasteiger partial charge on any atom is -0.464 e. The second-order valence-corrected chi connectivity index (χ2v) is 9.91. The molecule has 5 aromatic heterocycles. The first-order chi connectivity index (χ1) is 18.5. The second kappa shape index (κ2) is 9.85. The van der Waals surface area contributed by atoms with Crippen LogP contribution in [0.3, 0.4) is 0 Å². The van der Waals surface area contributed by atoms with Crippen molar-refractivity contribution >= 4 is 17.0 Å². The molecule has 0 bridgehead atoms. The summed E-state index contributed by atoms with van der Waals surface area (Å²) in [5.74, 6) is 0.738. The van der Waals surface area contributed by atoms with E-state index in [0.717, 1.165) is 63.3 Å². The molecule has 0 N–H and O–H groups in total. The number of aryl methyl sites for hydroxylation is 2. The molecular formula is C30H29N5O3. The highest BCUT2D eigenvalue weighted by Crippen LogP contribution is 2.42. The van der Waals surface area contributed by atoms with Crippen LogP contribution in [0.1, 0.15) is 59.4 Å². The molecule has 0 spiro atoms. The Morgan fingerprint density at radius 1 is 1.05 bits per heavy atom. The highest BCUT2D eigenvalue weighted by Gasteiger charge is 2.31.